The van der Waals surface area contributed by atoms with Gasteiger partial charge in [0.2, 0.25) is 0 Å². The lowest BCUT2D eigenvalue weighted by atomic mass is 9.99. The van der Waals surface area contributed by atoms with E-state index in [1.54, 1.807) is 30.3 Å². The number of hydrogen-bond acceptors (Lipinski definition) is 2. The number of esters is 1. The predicted molar refractivity (Wildman–Crippen MR) is 84.7 cm³/mol. The van der Waals surface area contributed by atoms with Crippen LogP contribution in [0.25, 0.3) is 11.1 Å². The van der Waals surface area contributed by atoms with E-state index in [0.717, 1.165) is 0 Å². The summed E-state index contributed by atoms with van der Waals surface area (Å²) in [5.74, 6) is -0.784. The molecule has 2 rings (SSSR count). The summed E-state index contributed by atoms with van der Waals surface area (Å²) < 4.78 is 19.5. The van der Waals surface area contributed by atoms with Crippen LogP contribution in [0, 0.1) is 5.82 Å². The highest BCUT2D eigenvalue weighted by atomic mass is 79.9. The molecule has 0 spiro atoms. The number of benzene rings is 2. The van der Waals surface area contributed by atoms with E-state index in [4.69, 9.17) is 4.74 Å². The van der Waals surface area contributed by atoms with Gasteiger partial charge in [-0.3, -0.25) is 0 Å². The molecule has 0 bridgehead atoms. The van der Waals surface area contributed by atoms with Crippen molar-refractivity contribution in [3.63, 3.8) is 0 Å². The molecule has 0 amide bonds. The van der Waals surface area contributed by atoms with Crippen molar-refractivity contribution in [3.8, 4) is 11.1 Å². The average molecular weight is 351 g/mol. The van der Waals surface area contributed by atoms with Crippen molar-refractivity contribution in [2.75, 3.05) is 0 Å². The van der Waals surface area contributed by atoms with Crippen molar-refractivity contribution >= 4 is 21.9 Å². The SMILES string of the molecule is CC(C)(C)OC(=O)c1ccccc1-c1ccc(Br)c(F)c1. The molecule has 4 heteroatoms. The Labute approximate surface area is 132 Å². The third-order valence-electron chi connectivity index (χ3n) is 2.78. The second-order valence-corrected chi connectivity index (χ2v) is 6.53. The summed E-state index contributed by atoms with van der Waals surface area (Å²) in [4.78, 5) is 12.3. The molecule has 0 fully saturated rings. The lowest BCUT2D eigenvalue weighted by Gasteiger charge is -2.20. The number of halogens is 2. The van der Waals surface area contributed by atoms with Crippen molar-refractivity contribution in [1.29, 1.82) is 0 Å². The molecule has 21 heavy (non-hydrogen) atoms. The van der Waals surface area contributed by atoms with Gasteiger partial charge >= 0.3 is 5.97 Å². The molecule has 0 saturated carbocycles. The first-order chi connectivity index (χ1) is 9.78. The van der Waals surface area contributed by atoms with Gasteiger partial charge in [0, 0.05) is 0 Å². The van der Waals surface area contributed by atoms with Crippen LogP contribution >= 0.6 is 15.9 Å². The first kappa shape index (κ1) is 15.7. The first-order valence-corrected chi connectivity index (χ1v) is 7.35. The second-order valence-electron chi connectivity index (χ2n) is 5.68. The van der Waals surface area contributed by atoms with E-state index in [9.17, 15) is 9.18 Å². The van der Waals surface area contributed by atoms with E-state index in [1.807, 2.05) is 26.8 Å². The van der Waals surface area contributed by atoms with Crippen LogP contribution in [0.3, 0.4) is 0 Å². The van der Waals surface area contributed by atoms with E-state index < -0.39 is 11.6 Å². The third kappa shape index (κ3) is 3.91. The predicted octanol–water partition coefficient (Wildman–Crippen LogP) is 5.21. The molecule has 0 saturated heterocycles. The first-order valence-electron chi connectivity index (χ1n) is 6.56. The number of ether oxygens (including phenoxy) is 1. The van der Waals surface area contributed by atoms with Crippen LogP contribution in [-0.2, 0) is 4.74 Å². The number of hydrogen-bond donors (Lipinski definition) is 0. The Hall–Kier alpha value is -1.68. The highest BCUT2D eigenvalue weighted by Crippen LogP contribution is 2.28. The van der Waals surface area contributed by atoms with Crippen LogP contribution in [0.4, 0.5) is 4.39 Å². The second kappa shape index (κ2) is 5.98. The fourth-order valence-corrected chi connectivity index (χ4v) is 2.16. The Morgan fingerprint density at radius 3 is 2.43 bits per heavy atom. The van der Waals surface area contributed by atoms with E-state index in [-0.39, 0.29) is 5.82 Å². The van der Waals surface area contributed by atoms with E-state index in [0.29, 0.717) is 21.2 Å². The molecule has 0 aliphatic heterocycles. The Balaban J connectivity index is 2.46. The van der Waals surface area contributed by atoms with Crippen LogP contribution < -0.4 is 0 Å². The lowest BCUT2D eigenvalue weighted by molar-refractivity contribution is 0.00704. The molecule has 0 aliphatic carbocycles. The number of rotatable bonds is 2. The van der Waals surface area contributed by atoms with Gasteiger partial charge < -0.3 is 4.74 Å². The highest BCUT2D eigenvalue weighted by molar-refractivity contribution is 9.10. The third-order valence-corrected chi connectivity index (χ3v) is 3.42. The van der Waals surface area contributed by atoms with Gasteiger partial charge in [-0.25, -0.2) is 9.18 Å². The van der Waals surface area contributed by atoms with Crippen molar-refractivity contribution in [3.05, 3.63) is 58.3 Å². The van der Waals surface area contributed by atoms with Gasteiger partial charge in [-0.2, -0.15) is 0 Å². The zero-order valence-corrected chi connectivity index (χ0v) is 13.7. The maximum atomic E-state index is 13.7. The van der Waals surface area contributed by atoms with E-state index in [2.05, 4.69) is 15.9 Å². The Morgan fingerprint density at radius 2 is 1.81 bits per heavy atom. The Morgan fingerprint density at radius 1 is 1.14 bits per heavy atom. The molecular weight excluding hydrogens is 335 g/mol. The molecule has 2 nitrogen and oxygen atoms in total. The molecule has 0 aliphatic rings. The maximum Gasteiger partial charge on any atom is 0.339 e. The van der Waals surface area contributed by atoms with E-state index >= 15 is 0 Å². The molecule has 0 aromatic heterocycles. The van der Waals surface area contributed by atoms with Crippen molar-refractivity contribution in [2.45, 2.75) is 26.4 Å². The summed E-state index contributed by atoms with van der Waals surface area (Å²) in [6.45, 7) is 5.44. The molecule has 110 valence electrons. The van der Waals surface area contributed by atoms with Gasteiger partial charge in [0.05, 0.1) is 10.0 Å². The largest absolute Gasteiger partial charge is 0.456 e. The summed E-state index contributed by atoms with van der Waals surface area (Å²) in [5, 5.41) is 0. The minimum absolute atomic E-state index is 0.369. The molecule has 2 aromatic carbocycles. The summed E-state index contributed by atoms with van der Waals surface area (Å²) in [5.41, 5.74) is 1.14. The monoisotopic (exact) mass is 350 g/mol. The van der Waals surface area contributed by atoms with Gasteiger partial charge in [-0.05, 0) is 66.0 Å². The highest BCUT2D eigenvalue weighted by Gasteiger charge is 2.20. The fraction of sp³-hybridized carbons (Fsp3) is 0.235. The standard InChI is InChI=1S/C17H16BrFO2/c1-17(2,3)21-16(20)13-7-5-4-6-12(13)11-8-9-14(18)15(19)10-11/h4-10H,1-3H3. The van der Waals surface area contributed by atoms with Crippen molar-refractivity contribution in [2.24, 2.45) is 0 Å². The zero-order valence-electron chi connectivity index (χ0n) is 12.1. The molecule has 0 radical (unpaired) electrons. The van der Waals surface area contributed by atoms with Crippen molar-refractivity contribution < 1.29 is 13.9 Å². The number of carbonyl (C=O) groups excluding carboxylic acids is 1. The van der Waals surface area contributed by atoms with Gasteiger partial charge in [0.1, 0.15) is 11.4 Å². The van der Waals surface area contributed by atoms with E-state index in [1.165, 1.54) is 6.07 Å². The van der Waals surface area contributed by atoms with Gasteiger partial charge in [-0.1, -0.05) is 24.3 Å². The van der Waals surface area contributed by atoms with Crippen LogP contribution in [-0.4, -0.2) is 11.6 Å². The van der Waals surface area contributed by atoms with Crippen LogP contribution in [0.15, 0.2) is 46.9 Å². The molecular formula is C17H16BrFO2. The number of carbonyl (C=O) groups is 1. The molecule has 0 atom stereocenters. The molecule has 0 heterocycles. The normalized spacial score (nSPS) is 11.3. The lowest BCUT2D eigenvalue weighted by Crippen LogP contribution is -2.24. The van der Waals surface area contributed by atoms with Gasteiger partial charge in [0.25, 0.3) is 0 Å². The molecule has 0 unspecified atom stereocenters. The van der Waals surface area contributed by atoms with Crippen molar-refractivity contribution in [1.82, 2.24) is 0 Å². The molecule has 2 aromatic rings. The van der Waals surface area contributed by atoms with Gasteiger partial charge in [0.15, 0.2) is 0 Å². The van der Waals surface area contributed by atoms with Crippen LogP contribution in [0.1, 0.15) is 31.1 Å². The maximum absolute atomic E-state index is 13.7. The minimum atomic E-state index is -0.574. The van der Waals surface area contributed by atoms with Crippen LogP contribution in [0.5, 0.6) is 0 Å². The fourth-order valence-electron chi connectivity index (χ4n) is 1.91. The smallest absolute Gasteiger partial charge is 0.339 e. The van der Waals surface area contributed by atoms with Crippen LogP contribution in [0.2, 0.25) is 0 Å². The Bertz CT molecular complexity index is 675. The minimum Gasteiger partial charge on any atom is -0.456 e. The summed E-state index contributed by atoms with van der Waals surface area (Å²) in [7, 11) is 0. The summed E-state index contributed by atoms with van der Waals surface area (Å²) in [6, 6.07) is 11.8. The molecule has 0 N–H and O–H groups in total. The quantitative estimate of drug-likeness (QED) is 0.694. The Kier molecular flexibility index (Phi) is 4.47. The average Bonchev–Trinajstić information content (AvgIpc) is 2.40. The van der Waals surface area contributed by atoms with Gasteiger partial charge in [-0.15, -0.1) is 0 Å². The summed E-state index contributed by atoms with van der Waals surface area (Å²) >= 11 is 3.12. The zero-order chi connectivity index (χ0) is 15.6. The summed E-state index contributed by atoms with van der Waals surface area (Å²) in [6.07, 6.45) is 0. The topological polar surface area (TPSA) is 26.3 Å².